The van der Waals surface area contributed by atoms with E-state index in [-0.39, 0.29) is 16.7 Å². The smallest absolute Gasteiger partial charge is 0.252 e. The highest BCUT2D eigenvalue weighted by Crippen LogP contribution is 2.31. The van der Waals surface area contributed by atoms with Gasteiger partial charge in [-0.1, -0.05) is 31.5 Å². The third-order valence-electron chi connectivity index (χ3n) is 16.6. The standard InChI is InChI=1S/C22H31N5O2.C20H27N5O3.C19H25N5O/c1-2-3-19-5-4-17(15-23-19)16-26-8-6-18(7-9-26)20-14-21(28)25-22(24-20)27-10-12-29-13-11-27;1-27-19-3-2-15(13-21-19)14-24-6-4-16(5-7-24)17-12-18(26)23-20(22-17)25-8-10-28-11-9-25;25-18-12-17(21-19(22-18)24-8-1-2-9-24)16-5-10-23(11-6-16)14-15-4-3-7-20-13-15/h4-5,14-15,18H,2-3,6-13,16H2,1H3,(H,24,25,28);2-3,12-13,16H,4-11,14H2,1H3,(H,22,23,26);3-4,7,12-13,16H,1-2,5-6,8-11,14H2,(H,21,22,25). The van der Waals surface area contributed by atoms with Crippen molar-refractivity contribution in [2.45, 2.75) is 109 Å². The zero-order valence-electron chi connectivity index (χ0n) is 48.1. The normalized spacial score (nSPS) is 19.1. The number of anilines is 3. The molecule has 6 aromatic rings. The SMILES string of the molecule is CCCc1ccc(CN2CCC(c3cc(=O)[nH]c(N4CCOCC4)n3)CC2)cn1.COc1ccc(CN2CCC(c3cc(=O)[nH]c(N4CCOCC4)n3)CC2)cn1.O=c1cc(C2CCN(Cc3cccnc3)CC2)nc(N2CCCC2)[nH]1. The van der Waals surface area contributed by atoms with E-state index >= 15 is 0 Å². The average Bonchev–Trinajstić information content (AvgIpc) is 4.22. The Kier molecular flexibility index (Phi) is 20.9. The van der Waals surface area contributed by atoms with Gasteiger partial charge in [-0.2, -0.15) is 0 Å². The average molecular weight is 1120 g/mol. The molecule has 6 aliphatic rings. The molecule has 21 heteroatoms. The van der Waals surface area contributed by atoms with Crippen molar-refractivity contribution in [3.63, 3.8) is 0 Å². The minimum atomic E-state index is -0.0711. The molecule has 82 heavy (non-hydrogen) atoms. The van der Waals surface area contributed by atoms with Crippen LogP contribution in [0, 0.1) is 0 Å². The van der Waals surface area contributed by atoms with Crippen molar-refractivity contribution >= 4 is 17.8 Å². The Morgan fingerprint density at radius 2 is 0.927 bits per heavy atom. The monoisotopic (exact) mass is 1120 g/mol. The number of rotatable bonds is 15. The lowest BCUT2D eigenvalue weighted by Gasteiger charge is -2.32. The number of ether oxygens (including phenoxy) is 3. The second-order valence-electron chi connectivity index (χ2n) is 22.5. The minimum Gasteiger partial charge on any atom is -0.481 e. The molecule has 6 aliphatic heterocycles. The lowest BCUT2D eigenvalue weighted by atomic mass is 9.93. The summed E-state index contributed by atoms with van der Waals surface area (Å²) in [4.78, 5) is 86.3. The van der Waals surface area contributed by atoms with E-state index < -0.39 is 0 Å². The molecule has 6 aromatic heterocycles. The number of H-pyrrole nitrogens is 3. The summed E-state index contributed by atoms with van der Waals surface area (Å²) in [6, 6.07) is 17.5. The van der Waals surface area contributed by atoms with Crippen molar-refractivity contribution in [1.29, 1.82) is 0 Å². The van der Waals surface area contributed by atoms with Crippen molar-refractivity contribution < 1.29 is 14.2 Å². The van der Waals surface area contributed by atoms with Gasteiger partial charge in [0.2, 0.25) is 23.7 Å². The van der Waals surface area contributed by atoms with Gasteiger partial charge in [-0.3, -0.25) is 54.0 Å². The Morgan fingerprint density at radius 1 is 0.512 bits per heavy atom. The molecule has 0 aromatic carbocycles. The largest absolute Gasteiger partial charge is 0.481 e. The molecule has 0 spiro atoms. The molecule has 0 bridgehead atoms. The number of hydrogen-bond donors (Lipinski definition) is 3. The fourth-order valence-corrected chi connectivity index (χ4v) is 11.9. The number of aromatic amines is 3. The van der Waals surface area contributed by atoms with E-state index in [4.69, 9.17) is 29.2 Å². The van der Waals surface area contributed by atoms with Crippen LogP contribution in [0.2, 0.25) is 0 Å². The first-order valence-electron chi connectivity index (χ1n) is 29.9. The highest BCUT2D eigenvalue weighted by atomic mass is 16.5. The Balaban J connectivity index is 0.000000138. The fraction of sp³-hybridized carbons (Fsp3) is 0.557. The molecule has 6 fully saturated rings. The first-order valence-corrected chi connectivity index (χ1v) is 29.9. The van der Waals surface area contributed by atoms with E-state index in [1.807, 2.05) is 36.9 Å². The van der Waals surface area contributed by atoms with Crippen LogP contribution in [0.4, 0.5) is 17.8 Å². The number of pyridine rings is 3. The number of aromatic nitrogens is 9. The summed E-state index contributed by atoms with van der Waals surface area (Å²) in [7, 11) is 1.62. The maximum absolute atomic E-state index is 12.2. The van der Waals surface area contributed by atoms with E-state index in [9.17, 15) is 14.4 Å². The first-order chi connectivity index (χ1) is 40.2. The van der Waals surface area contributed by atoms with Crippen LogP contribution in [-0.4, -0.2) is 172 Å². The quantitative estimate of drug-likeness (QED) is 0.109. The van der Waals surface area contributed by atoms with E-state index in [0.717, 1.165) is 173 Å². The Hall–Kier alpha value is -6.91. The molecule has 0 saturated carbocycles. The van der Waals surface area contributed by atoms with Crippen molar-refractivity contribution in [3.05, 3.63) is 150 Å². The molecule has 21 nitrogen and oxygen atoms in total. The first kappa shape index (κ1) is 58.3. The number of piperidine rings is 3. The summed E-state index contributed by atoms with van der Waals surface area (Å²) in [6.45, 7) is 18.8. The summed E-state index contributed by atoms with van der Waals surface area (Å²) < 4.78 is 15.9. The molecule has 12 heterocycles. The van der Waals surface area contributed by atoms with Gasteiger partial charge in [-0.25, -0.2) is 19.9 Å². The second-order valence-corrected chi connectivity index (χ2v) is 22.5. The van der Waals surface area contributed by atoms with Gasteiger partial charge in [-0.15, -0.1) is 0 Å². The molecule has 0 aliphatic carbocycles. The third kappa shape index (κ3) is 16.6. The van der Waals surface area contributed by atoms with E-state index in [1.165, 1.54) is 35.2 Å². The predicted molar refractivity (Wildman–Crippen MR) is 317 cm³/mol. The summed E-state index contributed by atoms with van der Waals surface area (Å²) in [6.07, 6.45) is 18.3. The molecule has 438 valence electrons. The van der Waals surface area contributed by atoms with Crippen molar-refractivity contribution in [2.24, 2.45) is 0 Å². The Morgan fingerprint density at radius 3 is 1.29 bits per heavy atom. The van der Waals surface area contributed by atoms with Gasteiger partial charge in [0.15, 0.2) is 0 Å². The molecule has 0 atom stereocenters. The zero-order valence-corrected chi connectivity index (χ0v) is 48.1. The maximum atomic E-state index is 12.2. The van der Waals surface area contributed by atoms with Crippen LogP contribution < -0.4 is 36.1 Å². The van der Waals surface area contributed by atoms with Crippen LogP contribution in [-0.2, 0) is 35.5 Å². The maximum Gasteiger partial charge on any atom is 0.252 e. The minimum absolute atomic E-state index is 0.0234. The number of nitrogens with one attached hydrogen (secondary N) is 3. The van der Waals surface area contributed by atoms with E-state index in [1.54, 1.807) is 25.3 Å². The zero-order chi connectivity index (χ0) is 56.5. The summed E-state index contributed by atoms with van der Waals surface area (Å²) >= 11 is 0. The number of likely N-dealkylation sites (tertiary alicyclic amines) is 3. The third-order valence-corrected chi connectivity index (χ3v) is 16.6. The number of morpholine rings is 2. The number of methoxy groups -OCH3 is 1. The number of nitrogens with zero attached hydrogens (tertiary/aromatic N) is 12. The predicted octanol–water partition coefficient (Wildman–Crippen LogP) is 5.87. The van der Waals surface area contributed by atoms with Crippen LogP contribution in [0.3, 0.4) is 0 Å². The van der Waals surface area contributed by atoms with Gasteiger partial charge in [-0.05, 0) is 126 Å². The van der Waals surface area contributed by atoms with Gasteiger partial charge in [0, 0.05) is 131 Å². The van der Waals surface area contributed by atoms with Crippen LogP contribution in [0.25, 0.3) is 0 Å². The molecular formula is C61H83N15O6. The summed E-state index contributed by atoms with van der Waals surface area (Å²) in [5.41, 5.74) is 7.54. The van der Waals surface area contributed by atoms with E-state index in [2.05, 4.69) is 90.5 Å². The van der Waals surface area contributed by atoms with Gasteiger partial charge in [0.1, 0.15) is 0 Å². The molecule has 0 amide bonds. The van der Waals surface area contributed by atoms with Crippen molar-refractivity contribution in [3.8, 4) is 5.88 Å². The van der Waals surface area contributed by atoms with Gasteiger partial charge in [0.25, 0.3) is 16.7 Å². The summed E-state index contributed by atoms with van der Waals surface area (Å²) in [5.74, 6) is 3.82. The Labute approximate surface area is 480 Å². The molecule has 0 unspecified atom stereocenters. The summed E-state index contributed by atoms with van der Waals surface area (Å²) in [5, 5.41) is 0. The van der Waals surface area contributed by atoms with Crippen LogP contribution in [0.1, 0.15) is 122 Å². The van der Waals surface area contributed by atoms with Crippen molar-refractivity contribution in [2.75, 3.05) is 127 Å². The lowest BCUT2D eigenvalue weighted by molar-refractivity contribution is 0.122. The van der Waals surface area contributed by atoms with Gasteiger partial charge < -0.3 is 28.9 Å². The van der Waals surface area contributed by atoms with E-state index in [0.29, 0.717) is 62.0 Å². The van der Waals surface area contributed by atoms with Crippen molar-refractivity contribution in [1.82, 2.24) is 59.6 Å². The van der Waals surface area contributed by atoms with Crippen LogP contribution in [0.5, 0.6) is 5.88 Å². The number of aryl methyl sites for hydroxylation is 1. The molecule has 3 N–H and O–H groups in total. The number of hydrogen-bond acceptors (Lipinski definition) is 18. The molecule has 6 saturated heterocycles. The highest BCUT2D eigenvalue weighted by Gasteiger charge is 2.27. The topological polar surface area (TPSA) is 223 Å². The fourth-order valence-electron chi connectivity index (χ4n) is 11.9. The van der Waals surface area contributed by atoms with Crippen LogP contribution in [0.15, 0.2) is 93.8 Å². The Bertz CT molecular complexity index is 3070. The molecule has 0 radical (unpaired) electrons. The second kappa shape index (κ2) is 29.4. The molecule has 12 rings (SSSR count). The van der Waals surface area contributed by atoms with Crippen LogP contribution >= 0.6 is 0 Å². The molecular weight excluding hydrogens is 1040 g/mol. The highest BCUT2D eigenvalue weighted by molar-refractivity contribution is 5.34. The van der Waals surface area contributed by atoms with Gasteiger partial charge >= 0.3 is 0 Å². The van der Waals surface area contributed by atoms with Gasteiger partial charge in [0.05, 0.1) is 50.6 Å². The lowest BCUT2D eigenvalue weighted by Crippen LogP contribution is -2.39.